The van der Waals surface area contributed by atoms with Gasteiger partial charge in [-0.05, 0) is 48.5 Å². The molecule has 28 heavy (non-hydrogen) atoms. The summed E-state index contributed by atoms with van der Waals surface area (Å²) in [5.74, 6) is -1.15. The molecule has 0 bridgehead atoms. The maximum absolute atomic E-state index is 13.7. The van der Waals surface area contributed by atoms with Gasteiger partial charge in [-0.15, -0.1) is 0 Å². The predicted octanol–water partition coefficient (Wildman–Crippen LogP) is 5.32. The lowest BCUT2D eigenvalue weighted by molar-refractivity contribution is 0.103. The molecule has 4 rings (SSSR count). The van der Waals surface area contributed by atoms with Gasteiger partial charge in [0.15, 0.2) is 5.78 Å². The van der Waals surface area contributed by atoms with Gasteiger partial charge in [-0.3, -0.25) is 14.8 Å². The number of hydrogen-bond acceptors (Lipinski definition) is 3. The molecule has 0 aliphatic rings. The third-order valence-electron chi connectivity index (χ3n) is 4.30. The summed E-state index contributed by atoms with van der Waals surface area (Å²) in [7, 11) is 0. The van der Waals surface area contributed by atoms with Gasteiger partial charge >= 0.3 is 0 Å². The zero-order valence-corrected chi connectivity index (χ0v) is 14.6. The normalized spacial score (nSPS) is 10.6. The van der Waals surface area contributed by atoms with Crippen LogP contribution < -0.4 is 0 Å². The smallest absolute Gasteiger partial charge is 0.197 e. The Hall–Kier alpha value is -3.73. The fraction of sp³-hybridized carbons (Fsp3) is 0. The van der Waals surface area contributed by atoms with Crippen molar-refractivity contribution in [2.45, 2.75) is 0 Å². The third-order valence-corrected chi connectivity index (χ3v) is 4.30. The molecular weight excluding hydrogens is 358 g/mol. The van der Waals surface area contributed by atoms with Crippen molar-refractivity contribution < 1.29 is 13.6 Å². The Morgan fingerprint density at radius 2 is 1.11 bits per heavy atom. The second-order valence-electron chi connectivity index (χ2n) is 6.15. The lowest BCUT2D eigenvalue weighted by atomic mass is 9.95. The summed E-state index contributed by atoms with van der Waals surface area (Å²) in [6.45, 7) is 0. The minimum absolute atomic E-state index is 0.318. The number of benzene rings is 2. The van der Waals surface area contributed by atoms with Gasteiger partial charge in [-0.1, -0.05) is 24.3 Å². The molecule has 2 heterocycles. The minimum atomic E-state index is -0.414. The van der Waals surface area contributed by atoms with Crippen LogP contribution in [-0.4, -0.2) is 15.8 Å². The summed E-state index contributed by atoms with van der Waals surface area (Å²) in [6, 6.07) is 18.4. The molecule has 0 aliphatic carbocycles. The van der Waals surface area contributed by atoms with Gasteiger partial charge in [-0.2, -0.15) is 0 Å². The summed E-state index contributed by atoms with van der Waals surface area (Å²) >= 11 is 0. The second kappa shape index (κ2) is 7.48. The van der Waals surface area contributed by atoms with E-state index in [0.717, 1.165) is 0 Å². The van der Waals surface area contributed by atoms with Crippen LogP contribution in [0.5, 0.6) is 0 Å². The van der Waals surface area contributed by atoms with Crippen molar-refractivity contribution >= 4 is 5.78 Å². The molecule has 5 heteroatoms. The van der Waals surface area contributed by atoms with Crippen molar-refractivity contribution in [1.29, 1.82) is 0 Å². The van der Waals surface area contributed by atoms with Crippen molar-refractivity contribution in [3.63, 3.8) is 0 Å². The summed E-state index contributed by atoms with van der Waals surface area (Å²) in [4.78, 5) is 21.9. The first kappa shape index (κ1) is 17.7. The summed E-state index contributed by atoms with van der Waals surface area (Å²) in [6.07, 6.45) is 3.10. The molecule has 4 aromatic rings. The lowest BCUT2D eigenvalue weighted by Gasteiger charge is -2.11. The van der Waals surface area contributed by atoms with E-state index in [9.17, 15) is 13.6 Å². The molecule has 0 saturated carbocycles. The molecule has 0 spiro atoms. The molecule has 2 aromatic heterocycles. The zero-order valence-electron chi connectivity index (χ0n) is 14.6. The van der Waals surface area contributed by atoms with E-state index in [-0.39, 0.29) is 5.78 Å². The van der Waals surface area contributed by atoms with Gasteiger partial charge in [0.05, 0.1) is 11.4 Å². The molecule has 0 amide bonds. The molecule has 0 saturated heterocycles. The SMILES string of the molecule is O=C(c1cccnc1-c1cccc(F)c1)c1cccnc1-c1cccc(F)c1. The van der Waals surface area contributed by atoms with Gasteiger partial charge in [0, 0.05) is 34.6 Å². The van der Waals surface area contributed by atoms with Gasteiger partial charge in [0.2, 0.25) is 0 Å². The Labute approximate surface area is 160 Å². The lowest BCUT2D eigenvalue weighted by Crippen LogP contribution is -2.07. The van der Waals surface area contributed by atoms with Gasteiger partial charge in [0.25, 0.3) is 0 Å². The van der Waals surface area contributed by atoms with Crippen molar-refractivity contribution in [1.82, 2.24) is 9.97 Å². The number of aromatic nitrogens is 2. The number of halogens is 2. The number of carbonyl (C=O) groups excluding carboxylic acids is 1. The van der Waals surface area contributed by atoms with Crippen LogP contribution in [-0.2, 0) is 0 Å². The van der Waals surface area contributed by atoms with Crippen LogP contribution >= 0.6 is 0 Å². The second-order valence-corrected chi connectivity index (χ2v) is 6.15. The van der Waals surface area contributed by atoms with E-state index < -0.39 is 11.6 Å². The third kappa shape index (κ3) is 3.42. The zero-order chi connectivity index (χ0) is 19.5. The topological polar surface area (TPSA) is 42.9 Å². The van der Waals surface area contributed by atoms with Crippen LogP contribution in [0.4, 0.5) is 8.78 Å². The van der Waals surface area contributed by atoms with Crippen molar-refractivity contribution in [3.8, 4) is 22.5 Å². The molecule has 0 fully saturated rings. The number of carbonyl (C=O) groups is 1. The highest BCUT2D eigenvalue weighted by atomic mass is 19.1. The van der Waals surface area contributed by atoms with Crippen LogP contribution in [0.1, 0.15) is 15.9 Å². The average Bonchev–Trinajstić information content (AvgIpc) is 2.73. The molecule has 0 aliphatic heterocycles. The van der Waals surface area contributed by atoms with Crippen LogP contribution in [0.2, 0.25) is 0 Å². The monoisotopic (exact) mass is 372 g/mol. The van der Waals surface area contributed by atoms with Gasteiger partial charge < -0.3 is 0 Å². The van der Waals surface area contributed by atoms with Crippen LogP contribution in [0.15, 0.2) is 85.2 Å². The molecule has 0 N–H and O–H groups in total. The van der Waals surface area contributed by atoms with E-state index in [4.69, 9.17) is 0 Å². The summed E-state index contributed by atoms with van der Waals surface area (Å²) in [5, 5.41) is 0. The minimum Gasteiger partial charge on any atom is -0.288 e. The van der Waals surface area contributed by atoms with Gasteiger partial charge in [-0.25, -0.2) is 8.78 Å². The summed E-state index contributed by atoms with van der Waals surface area (Å²) < 4.78 is 27.3. The molecule has 136 valence electrons. The van der Waals surface area contributed by atoms with E-state index in [1.807, 2.05) is 0 Å². The van der Waals surface area contributed by atoms with Crippen LogP contribution in [0.25, 0.3) is 22.5 Å². The first-order valence-corrected chi connectivity index (χ1v) is 8.60. The van der Waals surface area contributed by atoms with E-state index in [2.05, 4.69) is 9.97 Å². The molecular formula is C23H14F2N2O. The number of rotatable bonds is 4. The number of pyridine rings is 2. The van der Waals surface area contributed by atoms with E-state index in [1.54, 1.807) is 60.9 Å². The van der Waals surface area contributed by atoms with Crippen molar-refractivity contribution in [2.75, 3.05) is 0 Å². The molecule has 0 radical (unpaired) electrons. The Balaban J connectivity index is 1.85. The van der Waals surface area contributed by atoms with Gasteiger partial charge in [0.1, 0.15) is 11.6 Å². The van der Waals surface area contributed by atoms with Crippen LogP contribution in [0, 0.1) is 11.6 Å². The molecule has 0 unspecified atom stereocenters. The maximum atomic E-state index is 13.7. The van der Waals surface area contributed by atoms with E-state index in [0.29, 0.717) is 33.6 Å². The maximum Gasteiger partial charge on any atom is 0.197 e. The average molecular weight is 372 g/mol. The fourth-order valence-electron chi connectivity index (χ4n) is 3.05. The number of ketones is 1. The van der Waals surface area contributed by atoms with E-state index >= 15 is 0 Å². The highest BCUT2D eigenvalue weighted by Crippen LogP contribution is 2.28. The molecule has 2 aromatic carbocycles. The Morgan fingerprint density at radius 3 is 1.54 bits per heavy atom. The Kier molecular flexibility index (Phi) is 4.72. The first-order chi connectivity index (χ1) is 13.6. The van der Waals surface area contributed by atoms with Crippen LogP contribution in [0.3, 0.4) is 0 Å². The standard InChI is InChI=1S/C23H14F2N2O/c24-17-7-1-5-15(13-17)21-19(9-3-11-26-21)23(28)20-10-4-12-27-22(20)16-6-2-8-18(25)14-16/h1-14H. The fourth-order valence-corrected chi connectivity index (χ4v) is 3.05. The van der Waals surface area contributed by atoms with E-state index in [1.165, 1.54) is 24.3 Å². The summed E-state index contributed by atoms with van der Waals surface area (Å²) in [5.41, 5.74) is 2.39. The quantitative estimate of drug-likeness (QED) is 0.455. The largest absolute Gasteiger partial charge is 0.288 e. The Morgan fingerprint density at radius 1 is 0.643 bits per heavy atom. The van der Waals surface area contributed by atoms with Crippen molar-refractivity contribution in [2.24, 2.45) is 0 Å². The first-order valence-electron chi connectivity index (χ1n) is 8.60. The Bertz CT molecular complexity index is 1080. The molecule has 3 nitrogen and oxygen atoms in total. The predicted molar refractivity (Wildman–Crippen MR) is 103 cm³/mol. The highest BCUT2D eigenvalue weighted by Gasteiger charge is 2.20. The number of hydrogen-bond donors (Lipinski definition) is 0. The molecule has 0 atom stereocenters. The number of nitrogens with zero attached hydrogens (tertiary/aromatic N) is 2. The van der Waals surface area contributed by atoms with Crippen molar-refractivity contribution in [3.05, 3.63) is 108 Å². The highest BCUT2D eigenvalue weighted by molar-refractivity contribution is 6.15.